The average Bonchev–Trinajstić information content (AvgIpc) is 1.81. The van der Waals surface area contributed by atoms with E-state index in [1.165, 1.54) is 0 Å². The molecule has 0 aromatic heterocycles. The van der Waals surface area contributed by atoms with E-state index in [1.54, 1.807) is 6.07 Å². The molecule has 0 heterocycles. The summed E-state index contributed by atoms with van der Waals surface area (Å²) in [5, 5.41) is 1.39. The smallest absolute Gasteiger partial charge is 0.0424 e. The van der Waals surface area contributed by atoms with Crippen LogP contribution in [-0.2, 0) is 6.54 Å². The molecule has 0 N–H and O–H groups in total. The first-order valence-corrected chi connectivity index (χ1v) is 4.43. The molecule has 0 saturated carbocycles. The molecule has 3 heteroatoms. The molecule has 66 valence electrons. The topological polar surface area (TPSA) is 3.24 Å². The van der Waals surface area contributed by atoms with Gasteiger partial charge in [-0.25, -0.2) is 0 Å². The van der Waals surface area contributed by atoms with E-state index in [4.69, 9.17) is 23.2 Å². The summed E-state index contributed by atoms with van der Waals surface area (Å²) in [4.78, 5) is 2.07. The Morgan fingerprint density at radius 3 is 2.00 bits per heavy atom. The Hall–Kier alpha value is -0.240. The van der Waals surface area contributed by atoms with E-state index in [2.05, 4.69) is 4.90 Å². The predicted molar refractivity (Wildman–Crippen MR) is 53.9 cm³/mol. The zero-order valence-electron chi connectivity index (χ0n) is 7.14. The maximum atomic E-state index is 5.83. The lowest BCUT2D eigenvalue weighted by molar-refractivity contribution is 0.402. The highest BCUT2D eigenvalue weighted by molar-refractivity contribution is 6.34. The van der Waals surface area contributed by atoms with Crippen LogP contribution in [0.3, 0.4) is 0 Å². The lowest BCUT2D eigenvalue weighted by Crippen LogP contribution is -2.10. The fourth-order valence-electron chi connectivity index (χ4n) is 1.07. The van der Waals surface area contributed by atoms with Crippen molar-refractivity contribution in [3.8, 4) is 0 Å². The molecular weight excluding hydrogens is 193 g/mol. The second kappa shape index (κ2) is 4.13. The van der Waals surface area contributed by atoms with E-state index in [0.29, 0.717) is 10.0 Å². The molecule has 0 amide bonds. The molecule has 0 aliphatic rings. The number of halogens is 2. The zero-order valence-corrected chi connectivity index (χ0v) is 8.65. The molecule has 0 bridgehead atoms. The predicted octanol–water partition coefficient (Wildman–Crippen LogP) is 3.06. The molecule has 1 aromatic carbocycles. The van der Waals surface area contributed by atoms with E-state index in [-0.39, 0.29) is 0 Å². The summed E-state index contributed by atoms with van der Waals surface area (Å²) in [6, 6.07) is 5.59. The van der Waals surface area contributed by atoms with Crippen LogP contribution in [0.1, 0.15) is 5.56 Å². The monoisotopic (exact) mass is 203 g/mol. The maximum absolute atomic E-state index is 5.83. The van der Waals surface area contributed by atoms with E-state index in [0.717, 1.165) is 12.1 Å². The lowest BCUT2D eigenvalue weighted by Gasteiger charge is -2.09. The van der Waals surface area contributed by atoms with Gasteiger partial charge in [-0.15, -0.1) is 0 Å². The third-order valence-electron chi connectivity index (χ3n) is 1.42. The first kappa shape index (κ1) is 9.85. The van der Waals surface area contributed by atoms with Gasteiger partial charge in [0.05, 0.1) is 0 Å². The highest BCUT2D eigenvalue weighted by Gasteiger charge is 1.98. The summed E-state index contributed by atoms with van der Waals surface area (Å²) in [5.74, 6) is 0. The van der Waals surface area contributed by atoms with Crippen LogP contribution in [0.25, 0.3) is 0 Å². The Balaban J connectivity index is 2.85. The summed E-state index contributed by atoms with van der Waals surface area (Å²) < 4.78 is 0. The molecule has 1 rings (SSSR count). The summed E-state index contributed by atoms with van der Waals surface area (Å²) in [6.45, 7) is 0.861. The molecule has 0 aliphatic heterocycles. The summed E-state index contributed by atoms with van der Waals surface area (Å²) in [6.07, 6.45) is 0. The van der Waals surface area contributed by atoms with Gasteiger partial charge in [0, 0.05) is 16.6 Å². The first-order chi connectivity index (χ1) is 5.58. The SMILES string of the molecule is CN(C)Cc1cc(Cl)cc(Cl)c1. The summed E-state index contributed by atoms with van der Waals surface area (Å²) >= 11 is 11.7. The largest absolute Gasteiger partial charge is 0.305 e. The fraction of sp³-hybridized carbons (Fsp3) is 0.333. The molecule has 0 fully saturated rings. The molecule has 0 atom stereocenters. The van der Waals surface area contributed by atoms with Gasteiger partial charge >= 0.3 is 0 Å². The summed E-state index contributed by atoms with van der Waals surface area (Å²) in [5.41, 5.74) is 1.14. The van der Waals surface area contributed by atoms with Gasteiger partial charge in [-0.3, -0.25) is 0 Å². The molecule has 0 saturated heterocycles. The van der Waals surface area contributed by atoms with Crippen LogP contribution in [0.5, 0.6) is 0 Å². The third kappa shape index (κ3) is 3.02. The van der Waals surface area contributed by atoms with Gasteiger partial charge in [-0.1, -0.05) is 23.2 Å². The van der Waals surface area contributed by atoms with Crippen LogP contribution in [-0.4, -0.2) is 19.0 Å². The van der Waals surface area contributed by atoms with E-state index >= 15 is 0 Å². The van der Waals surface area contributed by atoms with Crippen molar-refractivity contribution in [3.63, 3.8) is 0 Å². The second-order valence-corrected chi connectivity index (χ2v) is 3.89. The summed E-state index contributed by atoms with van der Waals surface area (Å²) in [7, 11) is 4.02. The zero-order chi connectivity index (χ0) is 9.14. The van der Waals surface area contributed by atoms with Crippen molar-refractivity contribution in [1.29, 1.82) is 0 Å². The molecule has 0 aliphatic carbocycles. The van der Waals surface area contributed by atoms with Crippen LogP contribution in [0.2, 0.25) is 10.0 Å². The van der Waals surface area contributed by atoms with Gasteiger partial charge in [-0.2, -0.15) is 0 Å². The first-order valence-electron chi connectivity index (χ1n) is 3.67. The Bertz CT molecular complexity index is 251. The minimum atomic E-state index is 0.694. The number of hydrogen-bond donors (Lipinski definition) is 0. The van der Waals surface area contributed by atoms with Crippen LogP contribution >= 0.6 is 23.2 Å². The molecular formula is C9H11Cl2N. The quantitative estimate of drug-likeness (QED) is 0.715. The Labute approximate surface area is 82.9 Å². The Morgan fingerprint density at radius 1 is 1.08 bits per heavy atom. The second-order valence-electron chi connectivity index (χ2n) is 3.02. The fourth-order valence-corrected chi connectivity index (χ4v) is 1.64. The van der Waals surface area contributed by atoms with Crippen molar-refractivity contribution >= 4 is 23.2 Å². The molecule has 0 radical (unpaired) electrons. The van der Waals surface area contributed by atoms with E-state index < -0.39 is 0 Å². The normalized spacial score (nSPS) is 10.8. The van der Waals surface area contributed by atoms with Gasteiger partial charge in [0.1, 0.15) is 0 Å². The number of hydrogen-bond acceptors (Lipinski definition) is 1. The molecule has 1 nitrogen and oxygen atoms in total. The van der Waals surface area contributed by atoms with Gasteiger partial charge in [-0.05, 0) is 37.9 Å². The highest BCUT2D eigenvalue weighted by Crippen LogP contribution is 2.19. The number of nitrogens with zero attached hydrogens (tertiary/aromatic N) is 1. The van der Waals surface area contributed by atoms with Crippen molar-refractivity contribution in [2.75, 3.05) is 14.1 Å². The van der Waals surface area contributed by atoms with Gasteiger partial charge in [0.2, 0.25) is 0 Å². The van der Waals surface area contributed by atoms with Crippen molar-refractivity contribution in [2.45, 2.75) is 6.54 Å². The van der Waals surface area contributed by atoms with Crippen LogP contribution in [0.4, 0.5) is 0 Å². The third-order valence-corrected chi connectivity index (χ3v) is 1.86. The van der Waals surface area contributed by atoms with E-state index in [1.807, 2.05) is 26.2 Å². The van der Waals surface area contributed by atoms with Crippen LogP contribution in [0, 0.1) is 0 Å². The molecule has 12 heavy (non-hydrogen) atoms. The Morgan fingerprint density at radius 2 is 1.58 bits per heavy atom. The van der Waals surface area contributed by atoms with Crippen molar-refractivity contribution in [1.82, 2.24) is 4.90 Å². The van der Waals surface area contributed by atoms with Crippen LogP contribution < -0.4 is 0 Å². The van der Waals surface area contributed by atoms with Crippen LogP contribution in [0.15, 0.2) is 18.2 Å². The maximum Gasteiger partial charge on any atom is 0.0424 e. The van der Waals surface area contributed by atoms with E-state index in [9.17, 15) is 0 Å². The minimum Gasteiger partial charge on any atom is -0.305 e. The van der Waals surface area contributed by atoms with Gasteiger partial charge in [0.25, 0.3) is 0 Å². The number of rotatable bonds is 2. The molecule has 0 spiro atoms. The Kier molecular flexibility index (Phi) is 3.39. The number of benzene rings is 1. The highest BCUT2D eigenvalue weighted by atomic mass is 35.5. The van der Waals surface area contributed by atoms with Crippen molar-refractivity contribution < 1.29 is 0 Å². The van der Waals surface area contributed by atoms with Crippen molar-refractivity contribution in [3.05, 3.63) is 33.8 Å². The standard InChI is InChI=1S/C9H11Cl2N/c1-12(2)6-7-3-8(10)5-9(11)4-7/h3-5H,6H2,1-2H3. The van der Waals surface area contributed by atoms with Crippen molar-refractivity contribution in [2.24, 2.45) is 0 Å². The van der Waals surface area contributed by atoms with Gasteiger partial charge < -0.3 is 4.90 Å². The lowest BCUT2D eigenvalue weighted by atomic mass is 10.2. The molecule has 1 aromatic rings. The minimum absolute atomic E-state index is 0.694. The van der Waals surface area contributed by atoms with Gasteiger partial charge in [0.15, 0.2) is 0 Å². The molecule has 0 unspecified atom stereocenters. The average molecular weight is 204 g/mol.